The zero-order valence-electron chi connectivity index (χ0n) is 12.0. The number of benzene rings is 2. The van der Waals surface area contributed by atoms with E-state index in [-0.39, 0.29) is 11.8 Å². The number of fused-ring (bicyclic) bond motifs is 3. The largest absolute Gasteiger partial charge is 0.389 e. The molecule has 3 nitrogen and oxygen atoms in total. The summed E-state index contributed by atoms with van der Waals surface area (Å²) in [6.07, 6.45) is 1.83. The zero-order chi connectivity index (χ0) is 16.0. The average molecular weight is 327 g/mol. The number of aliphatic imine (C=N–C) groups is 1. The third-order valence-corrected chi connectivity index (χ3v) is 4.39. The topological polar surface area (TPSA) is 41.5 Å². The SMILES string of the molecule is O=C1N=C(c2ccccc2F)c2cc(Cl)ccc2C2=CNCC12. The van der Waals surface area contributed by atoms with Gasteiger partial charge in [0.05, 0.1) is 11.6 Å². The van der Waals surface area contributed by atoms with E-state index in [4.69, 9.17) is 11.6 Å². The summed E-state index contributed by atoms with van der Waals surface area (Å²) in [4.78, 5) is 16.8. The van der Waals surface area contributed by atoms with Crippen LogP contribution in [0.25, 0.3) is 5.57 Å². The summed E-state index contributed by atoms with van der Waals surface area (Å²) in [5.74, 6) is -1.03. The minimum Gasteiger partial charge on any atom is -0.389 e. The molecule has 2 aromatic rings. The third-order valence-electron chi connectivity index (χ3n) is 4.15. The highest BCUT2D eigenvalue weighted by Gasteiger charge is 2.33. The fourth-order valence-corrected chi connectivity index (χ4v) is 3.23. The van der Waals surface area contributed by atoms with Crippen LogP contribution in [0.5, 0.6) is 0 Å². The van der Waals surface area contributed by atoms with E-state index < -0.39 is 5.82 Å². The molecule has 114 valence electrons. The first-order valence-electron chi connectivity index (χ1n) is 7.26. The second-order valence-corrected chi connectivity index (χ2v) is 5.97. The number of hydrogen-bond donors (Lipinski definition) is 1. The van der Waals surface area contributed by atoms with Gasteiger partial charge in [-0.25, -0.2) is 9.38 Å². The standard InChI is InChI=1S/C18H12ClFN2O/c19-10-5-6-11-13(7-10)17(12-3-1-2-4-16(12)20)22-18(23)15-9-21-8-14(11)15/h1-8,15,21H,9H2. The van der Waals surface area contributed by atoms with Gasteiger partial charge in [0.1, 0.15) is 5.82 Å². The van der Waals surface area contributed by atoms with Crippen molar-refractivity contribution in [2.24, 2.45) is 10.9 Å². The number of nitrogens with one attached hydrogen (secondary N) is 1. The van der Waals surface area contributed by atoms with Gasteiger partial charge in [-0.15, -0.1) is 0 Å². The fraction of sp³-hybridized carbons (Fsp3) is 0.111. The van der Waals surface area contributed by atoms with Crippen molar-refractivity contribution in [3.63, 3.8) is 0 Å². The molecule has 0 aromatic heterocycles. The average Bonchev–Trinajstić information content (AvgIpc) is 2.99. The summed E-state index contributed by atoms with van der Waals surface area (Å²) in [6.45, 7) is 0.504. The molecule has 2 aromatic carbocycles. The van der Waals surface area contributed by atoms with Crippen LogP contribution >= 0.6 is 11.6 Å². The molecule has 1 N–H and O–H groups in total. The van der Waals surface area contributed by atoms with E-state index in [1.807, 2.05) is 12.3 Å². The lowest BCUT2D eigenvalue weighted by Crippen LogP contribution is -2.18. The molecule has 2 heterocycles. The summed E-state index contributed by atoms with van der Waals surface area (Å²) in [7, 11) is 0. The smallest absolute Gasteiger partial charge is 0.255 e. The second-order valence-electron chi connectivity index (χ2n) is 5.53. The van der Waals surface area contributed by atoms with Crippen LogP contribution in [0.15, 0.2) is 53.7 Å². The van der Waals surface area contributed by atoms with Gasteiger partial charge in [-0.1, -0.05) is 29.8 Å². The molecule has 2 aliphatic rings. The third kappa shape index (κ3) is 2.26. The minimum absolute atomic E-state index is 0.271. The van der Waals surface area contributed by atoms with Crippen molar-refractivity contribution in [2.45, 2.75) is 0 Å². The Bertz CT molecular complexity index is 888. The van der Waals surface area contributed by atoms with E-state index in [1.165, 1.54) is 6.07 Å². The van der Waals surface area contributed by atoms with Gasteiger partial charge in [0.2, 0.25) is 0 Å². The lowest BCUT2D eigenvalue weighted by Gasteiger charge is -2.12. The first-order chi connectivity index (χ1) is 11.1. The Balaban J connectivity index is 2.02. The highest BCUT2D eigenvalue weighted by atomic mass is 35.5. The van der Waals surface area contributed by atoms with Gasteiger partial charge in [-0.05, 0) is 35.4 Å². The summed E-state index contributed by atoms with van der Waals surface area (Å²) >= 11 is 6.13. The summed E-state index contributed by atoms with van der Waals surface area (Å²) < 4.78 is 14.3. The summed E-state index contributed by atoms with van der Waals surface area (Å²) in [5, 5.41) is 3.60. The lowest BCUT2D eigenvalue weighted by atomic mass is 9.90. The molecule has 1 amide bonds. The predicted octanol–water partition coefficient (Wildman–Crippen LogP) is 3.42. The van der Waals surface area contributed by atoms with Gasteiger partial charge in [-0.3, -0.25) is 4.79 Å². The summed E-state index contributed by atoms with van der Waals surface area (Å²) in [5.41, 5.74) is 3.04. The van der Waals surface area contributed by atoms with E-state index in [9.17, 15) is 9.18 Å². The van der Waals surface area contributed by atoms with E-state index >= 15 is 0 Å². The molecule has 0 radical (unpaired) electrons. The van der Waals surface area contributed by atoms with Crippen LogP contribution < -0.4 is 5.32 Å². The number of nitrogens with zero attached hydrogens (tertiary/aromatic N) is 1. The van der Waals surface area contributed by atoms with Crippen LogP contribution in [0.2, 0.25) is 5.02 Å². The van der Waals surface area contributed by atoms with Crippen molar-refractivity contribution in [1.82, 2.24) is 5.32 Å². The molecule has 0 spiro atoms. The van der Waals surface area contributed by atoms with E-state index in [0.717, 1.165) is 11.1 Å². The van der Waals surface area contributed by atoms with Crippen molar-refractivity contribution in [3.8, 4) is 0 Å². The van der Waals surface area contributed by atoms with Gasteiger partial charge in [0.25, 0.3) is 5.91 Å². The van der Waals surface area contributed by atoms with Crippen molar-refractivity contribution < 1.29 is 9.18 Å². The maximum Gasteiger partial charge on any atom is 0.255 e. The van der Waals surface area contributed by atoms with Gasteiger partial charge < -0.3 is 5.32 Å². The molecule has 4 rings (SSSR count). The molecule has 23 heavy (non-hydrogen) atoms. The van der Waals surface area contributed by atoms with Gasteiger partial charge in [-0.2, -0.15) is 0 Å². The second kappa shape index (κ2) is 5.32. The maximum absolute atomic E-state index is 14.3. The molecule has 0 aliphatic carbocycles. The highest BCUT2D eigenvalue weighted by Crippen LogP contribution is 2.35. The molecule has 1 atom stereocenters. The maximum atomic E-state index is 14.3. The van der Waals surface area contributed by atoms with Gasteiger partial charge in [0.15, 0.2) is 0 Å². The Morgan fingerprint density at radius 2 is 1.96 bits per heavy atom. The van der Waals surface area contributed by atoms with Crippen molar-refractivity contribution >= 4 is 28.8 Å². The zero-order valence-corrected chi connectivity index (χ0v) is 12.8. The molecule has 0 saturated heterocycles. The molecule has 5 heteroatoms. The predicted molar refractivity (Wildman–Crippen MR) is 88.0 cm³/mol. The number of amides is 1. The van der Waals surface area contributed by atoms with E-state index in [2.05, 4.69) is 10.3 Å². The highest BCUT2D eigenvalue weighted by molar-refractivity contribution is 6.32. The van der Waals surface area contributed by atoms with Crippen LogP contribution in [0.1, 0.15) is 16.7 Å². The van der Waals surface area contributed by atoms with Crippen molar-refractivity contribution in [1.29, 1.82) is 0 Å². The normalized spacial score (nSPS) is 19.2. The van der Waals surface area contributed by atoms with Crippen molar-refractivity contribution in [3.05, 3.63) is 76.2 Å². The fourth-order valence-electron chi connectivity index (χ4n) is 3.05. The Morgan fingerprint density at radius 1 is 1.13 bits per heavy atom. The van der Waals surface area contributed by atoms with Crippen LogP contribution in [0, 0.1) is 11.7 Å². The quantitative estimate of drug-likeness (QED) is 0.872. The van der Waals surface area contributed by atoms with Crippen LogP contribution in [0.4, 0.5) is 4.39 Å². The Kier molecular flexibility index (Phi) is 3.27. The Labute approximate surface area is 137 Å². The minimum atomic E-state index is -0.413. The number of halogens is 2. The molecule has 0 saturated carbocycles. The van der Waals surface area contributed by atoms with Crippen molar-refractivity contribution in [2.75, 3.05) is 6.54 Å². The van der Waals surface area contributed by atoms with Crippen LogP contribution in [-0.4, -0.2) is 18.2 Å². The lowest BCUT2D eigenvalue weighted by molar-refractivity contribution is -0.119. The molecule has 1 unspecified atom stereocenters. The van der Waals surface area contributed by atoms with Gasteiger partial charge >= 0.3 is 0 Å². The number of rotatable bonds is 1. The van der Waals surface area contributed by atoms with E-state index in [1.54, 1.807) is 30.3 Å². The first-order valence-corrected chi connectivity index (χ1v) is 7.64. The number of hydrogen-bond acceptors (Lipinski definition) is 2. The van der Waals surface area contributed by atoms with Crippen LogP contribution in [-0.2, 0) is 4.79 Å². The van der Waals surface area contributed by atoms with Gasteiger partial charge in [0, 0.05) is 28.9 Å². The number of carbonyl (C=O) groups excluding carboxylic acids is 1. The molecule has 2 aliphatic heterocycles. The summed E-state index contributed by atoms with van der Waals surface area (Å²) in [6, 6.07) is 11.7. The number of carbonyl (C=O) groups is 1. The monoisotopic (exact) mass is 326 g/mol. The molecular weight excluding hydrogens is 315 g/mol. The Morgan fingerprint density at radius 3 is 2.78 bits per heavy atom. The Hall–Kier alpha value is -2.46. The first kappa shape index (κ1) is 14.2. The van der Waals surface area contributed by atoms with E-state index in [0.29, 0.717) is 28.4 Å². The molecule has 0 bridgehead atoms. The molecule has 0 fully saturated rings. The molecular formula is C18H12ClFN2O. The van der Waals surface area contributed by atoms with Crippen LogP contribution in [0.3, 0.4) is 0 Å².